The Kier molecular flexibility index (Phi) is 12.2. The van der Waals surface area contributed by atoms with Gasteiger partial charge in [0.1, 0.15) is 24.2 Å². The second-order valence-corrected chi connectivity index (χ2v) is 12.8. The average Bonchev–Trinajstić information content (AvgIpc) is 3.06. The number of ether oxygens (including phenoxy) is 1. The number of halogens is 2. The first kappa shape index (κ1) is 34.5. The molecule has 0 bridgehead atoms. The van der Waals surface area contributed by atoms with Gasteiger partial charge in [-0.25, -0.2) is 12.8 Å². The van der Waals surface area contributed by atoms with Gasteiger partial charge in [0.25, 0.3) is 10.0 Å². The molecule has 2 amide bonds. The summed E-state index contributed by atoms with van der Waals surface area (Å²) in [5.74, 6) is -1.04. The number of nitrogens with zero attached hydrogens (tertiary/aromatic N) is 2. The molecule has 11 heteroatoms. The smallest absolute Gasteiger partial charge is 0.264 e. The molecule has 0 saturated carbocycles. The highest BCUT2D eigenvalue weighted by atomic mass is 35.5. The number of anilines is 1. The Bertz CT molecular complexity index is 1690. The van der Waals surface area contributed by atoms with E-state index in [1.807, 2.05) is 44.2 Å². The fourth-order valence-electron chi connectivity index (χ4n) is 4.84. The van der Waals surface area contributed by atoms with E-state index in [1.165, 1.54) is 17.0 Å². The molecular weight excluding hydrogens is 629 g/mol. The zero-order valence-electron chi connectivity index (χ0n) is 25.7. The molecule has 0 aromatic heterocycles. The minimum absolute atomic E-state index is 0.0146. The summed E-state index contributed by atoms with van der Waals surface area (Å²) < 4.78 is 48.4. The molecule has 46 heavy (non-hydrogen) atoms. The van der Waals surface area contributed by atoms with Crippen molar-refractivity contribution in [1.29, 1.82) is 0 Å². The number of rotatable bonds is 15. The molecular formula is C35H37ClFN3O5S. The lowest BCUT2D eigenvalue weighted by molar-refractivity contribution is -0.140. The molecule has 0 saturated heterocycles. The summed E-state index contributed by atoms with van der Waals surface area (Å²) in [6.07, 6.45) is 0.889. The standard InChI is InChI=1S/C35H37ClFN3O5S/c1-3-22-38-35(42)33(23-26-8-6-5-7-9-26)39(24-27-10-12-28(36)13-11-27)34(41)25-40(30-16-18-31(19-17-30)45-4-2)46(43,44)32-20-14-29(37)15-21-32/h5-21,33H,3-4,22-25H2,1-2H3,(H,38,42). The van der Waals surface area contributed by atoms with Crippen LogP contribution in [0.3, 0.4) is 0 Å². The number of sulfonamides is 1. The number of benzene rings is 4. The first-order valence-electron chi connectivity index (χ1n) is 15.0. The van der Waals surface area contributed by atoms with Crippen molar-refractivity contribution in [2.45, 2.75) is 44.2 Å². The lowest BCUT2D eigenvalue weighted by Crippen LogP contribution is -2.53. The van der Waals surface area contributed by atoms with Crippen LogP contribution in [0.1, 0.15) is 31.4 Å². The van der Waals surface area contributed by atoms with Crippen molar-refractivity contribution in [3.8, 4) is 5.75 Å². The second kappa shape index (κ2) is 16.2. The van der Waals surface area contributed by atoms with Crippen LogP contribution in [0.15, 0.2) is 108 Å². The quantitative estimate of drug-likeness (QED) is 0.162. The Morgan fingerprint density at radius 3 is 2.13 bits per heavy atom. The van der Waals surface area contributed by atoms with E-state index in [4.69, 9.17) is 16.3 Å². The summed E-state index contributed by atoms with van der Waals surface area (Å²) >= 11 is 6.12. The highest BCUT2D eigenvalue weighted by Gasteiger charge is 2.34. The number of carbonyl (C=O) groups is 2. The summed E-state index contributed by atoms with van der Waals surface area (Å²) in [5.41, 5.74) is 1.73. The fourth-order valence-corrected chi connectivity index (χ4v) is 6.38. The van der Waals surface area contributed by atoms with Crippen molar-refractivity contribution < 1.29 is 27.1 Å². The predicted molar refractivity (Wildman–Crippen MR) is 178 cm³/mol. The molecule has 0 aliphatic heterocycles. The fraction of sp³-hybridized carbons (Fsp3) is 0.257. The van der Waals surface area contributed by atoms with Crippen LogP contribution >= 0.6 is 11.6 Å². The van der Waals surface area contributed by atoms with E-state index in [9.17, 15) is 22.4 Å². The van der Waals surface area contributed by atoms with Crippen molar-refractivity contribution in [2.75, 3.05) is 24.0 Å². The van der Waals surface area contributed by atoms with Crippen molar-refractivity contribution in [1.82, 2.24) is 10.2 Å². The van der Waals surface area contributed by atoms with Crippen LogP contribution in [-0.2, 0) is 32.6 Å². The molecule has 8 nitrogen and oxygen atoms in total. The number of carbonyl (C=O) groups excluding carboxylic acids is 2. The topological polar surface area (TPSA) is 96.0 Å². The zero-order chi connectivity index (χ0) is 33.1. The molecule has 0 spiro atoms. The minimum atomic E-state index is -4.36. The maximum Gasteiger partial charge on any atom is 0.264 e. The van der Waals surface area contributed by atoms with Gasteiger partial charge >= 0.3 is 0 Å². The molecule has 0 aliphatic carbocycles. The van der Waals surface area contributed by atoms with Crippen LogP contribution in [-0.4, -0.2) is 50.9 Å². The Morgan fingerprint density at radius 2 is 1.52 bits per heavy atom. The van der Waals surface area contributed by atoms with E-state index >= 15 is 0 Å². The maximum atomic E-state index is 14.4. The van der Waals surface area contributed by atoms with E-state index in [0.29, 0.717) is 35.9 Å². The van der Waals surface area contributed by atoms with Gasteiger partial charge in [-0.1, -0.05) is 61.0 Å². The first-order chi connectivity index (χ1) is 22.1. The van der Waals surface area contributed by atoms with Crippen molar-refractivity contribution >= 4 is 39.1 Å². The molecule has 4 aromatic carbocycles. The van der Waals surface area contributed by atoms with Gasteiger partial charge in [0.05, 0.1) is 17.2 Å². The highest BCUT2D eigenvalue weighted by Crippen LogP contribution is 2.27. The van der Waals surface area contributed by atoms with E-state index < -0.39 is 34.3 Å². The second-order valence-electron chi connectivity index (χ2n) is 10.5. The highest BCUT2D eigenvalue weighted by molar-refractivity contribution is 7.92. The Hall–Kier alpha value is -4.41. The summed E-state index contributed by atoms with van der Waals surface area (Å²) in [5, 5.41) is 3.42. The van der Waals surface area contributed by atoms with Crippen LogP contribution in [0.5, 0.6) is 5.75 Å². The average molecular weight is 666 g/mol. The summed E-state index contributed by atoms with van der Waals surface area (Å²) in [7, 11) is -4.36. The van der Waals surface area contributed by atoms with Gasteiger partial charge in [0, 0.05) is 24.5 Å². The molecule has 242 valence electrons. The molecule has 0 aliphatic rings. The van der Waals surface area contributed by atoms with E-state index in [1.54, 1.807) is 36.4 Å². The number of hydrogen-bond acceptors (Lipinski definition) is 5. The van der Waals surface area contributed by atoms with Gasteiger partial charge in [-0.05, 0) is 85.1 Å². The zero-order valence-corrected chi connectivity index (χ0v) is 27.3. The lowest BCUT2D eigenvalue weighted by atomic mass is 10.0. The van der Waals surface area contributed by atoms with Gasteiger partial charge in [0.2, 0.25) is 11.8 Å². The Morgan fingerprint density at radius 1 is 0.870 bits per heavy atom. The molecule has 0 radical (unpaired) electrons. The number of amides is 2. The van der Waals surface area contributed by atoms with Crippen molar-refractivity contribution in [2.24, 2.45) is 0 Å². The number of nitrogens with one attached hydrogen (secondary N) is 1. The maximum absolute atomic E-state index is 14.4. The SMILES string of the molecule is CCCNC(=O)C(Cc1ccccc1)N(Cc1ccc(Cl)cc1)C(=O)CN(c1ccc(OCC)cc1)S(=O)(=O)c1ccc(F)cc1. The van der Waals surface area contributed by atoms with Gasteiger partial charge in [-0.2, -0.15) is 0 Å². The summed E-state index contributed by atoms with van der Waals surface area (Å²) in [6, 6.07) is 25.9. The van der Waals surface area contributed by atoms with Crippen LogP contribution in [0.25, 0.3) is 0 Å². The van der Waals surface area contributed by atoms with Crippen LogP contribution in [0.4, 0.5) is 10.1 Å². The molecule has 1 unspecified atom stereocenters. The van der Waals surface area contributed by atoms with Crippen LogP contribution in [0, 0.1) is 5.82 Å². The third-order valence-corrected chi connectivity index (χ3v) is 9.24. The molecule has 0 heterocycles. The molecule has 1 atom stereocenters. The molecule has 4 aromatic rings. The monoisotopic (exact) mass is 665 g/mol. The Labute approximate surface area is 274 Å². The normalized spacial score (nSPS) is 11.8. The van der Waals surface area contributed by atoms with Crippen molar-refractivity contribution in [3.63, 3.8) is 0 Å². The minimum Gasteiger partial charge on any atom is -0.494 e. The molecule has 4 rings (SSSR count). The number of hydrogen-bond donors (Lipinski definition) is 1. The van der Waals surface area contributed by atoms with Gasteiger partial charge in [-0.15, -0.1) is 0 Å². The lowest BCUT2D eigenvalue weighted by Gasteiger charge is -2.34. The van der Waals surface area contributed by atoms with E-state index in [-0.39, 0.29) is 29.5 Å². The third-order valence-electron chi connectivity index (χ3n) is 7.20. The van der Waals surface area contributed by atoms with E-state index in [2.05, 4.69) is 5.32 Å². The predicted octanol–water partition coefficient (Wildman–Crippen LogP) is 6.24. The van der Waals surface area contributed by atoms with E-state index in [0.717, 1.165) is 34.1 Å². The summed E-state index contributed by atoms with van der Waals surface area (Å²) in [4.78, 5) is 29.3. The summed E-state index contributed by atoms with van der Waals surface area (Å²) in [6.45, 7) is 3.96. The van der Waals surface area contributed by atoms with Crippen molar-refractivity contribution in [3.05, 3.63) is 125 Å². The van der Waals surface area contributed by atoms with Gasteiger partial charge in [0.15, 0.2) is 0 Å². The first-order valence-corrected chi connectivity index (χ1v) is 16.8. The largest absolute Gasteiger partial charge is 0.494 e. The molecule has 1 N–H and O–H groups in total. The van der Waals surface area contributed by atoms with Crippen LogP contribution in [0.2, 0.25) is 5.02 Å². The van der Waals surface area contributed by atoms with Crippen LogP contribution < -0.4 is 14.4 Å². The van der Waals surface area contributed by atoms with Gasteiger partial charge < -0.3 is 15.0 Å². The third kappa shape index (κ3) is 9.08. The van der Waals surface area contributed by atoms with Gasteiger partial charge in [-0.3, -0.25) is 13.9 Å². The Balaban J connectivity index is 1.79. The molecule has 0 fully saturated rings.